The Morgan fingerprint density at radius 1 is 1.10 bits per heavy atom. The zero-order chi connectivity index (χ0) is 22.6. The molecular weight excluding hydrogens is 437 g/mol. The highest BCUT2D eigenvalue weighted by Gasteiger charge is 2.35. The summed E-state index contributed by atoms with van der Waals surface area (Å²) in [7, 11) is 0. The Bertz CT molecular complexity index is 1000. The number of esters is 2. The van der Waals surface area contributed by atoms with Gasteiger partial charge in [-0.05, 0) is 42.6 Å². The average molecular weight is 454 g/mol. The van der Waals surface area contributed by atoms with Gasteiger partial charge >= 0.3 is 24.1 Å². The molecule has 0 saturated carbocycles. The minimum atomic E-state index is -4.53. The zero-order valence-corrected chi connectivity index (χ0v) is 16.9. The number of amides is 2. The maximum absolute atomic E-state index is 12.7. The van der Waals surface area contributed by atoms with E-state index < -0.39 is 42.4 Å². The summed E-state index contributed by atoms with van der Waals surface area (Å²) in [5.74, 6) is -1.61. The van der Waals surface area contributed by atoms with Gasteiger partial charge < -0.3 is 20.1 Å². The monoisotopic (exact) mass is 454 g/mol. The fourth-order valence-electron chi connectivity index (χ4n) is 2.87. The zero-order valence-electron chi connectivity index (χ0n) is 16.1. The summed E-state index contributed by atoms with van der Waals surface area (Å²) in [5, 5.41) is 6.85. The molecule has 2 aromatic rings. The number of thiophene rings is 1. The molecule has 2 N–H and O–H groups in total. The van der Waals surface area contributed by atoms with E-state index in [1.807, 2.05) is 0 Å². The molecule has 0 saturated heterocycles. The maximum atomic E-state index is 12.7. The Morgan fingerprint density at radius 2 is 1.81 bits per heavy atom. The molecule has 2 amide bonds. The van der Waals surface area contributed by atoms with E-state index in [2.05, 4.69) is 10.6 Å². The number of ether oxygens (including phenoxy) is 2. The topological polar surface area (TPSA) is 93.7 Å². The molecule has 1 aliphatic rings. The van der Waals surface area contributed by atoms with Crippen molar-refractivity contribution >= 4 is 29.3 Å². The maximum Gasteiger partial charge on any atom is 0.416 e. The number of carbonyl (C=O) groups excluding carboxylic acids is 3. The van der Waals surface area contributed by atoms with Crippen molar-refractivity contribution in [1.29, 1.82) is 0 Å². The van der Waals surface area contributed by atoms with E-state index in [9.17, 15) is 27.6 Å². The molecule has 1 aromatic carbocycles. The van der Waals surface area contributed by atoms with Gasteiger partial charge in [-0.2, -0.15) is 13.2 Å². The first-order chi connectivity index (χ1) is 14.7. The molecule has 0 spiro atoms. The predicted molar refractivity (Wildman–Crippen MR) is 104 cm³/mol. The van der Waals surface area contributed by atoms with Gasteiger partial charge in [0.25, 0.3) is 0 Å². The smallest absolute Gasteiger partial charge is 0.416 e. The Hall–Kier alpha value is -3.34. The highest BCUT2D eigenvalue weighted by atomic mass is 32.1. The van der Waals surface area contributed by atoms with Crippen molar-refractivity contribution in [2.75, 3.05) is 13.2 Å². The Morgan fingerprint density at radius 3 is 2.39 bits per heavy atom. The average Bonchev–Trinajstić information content (AvgIpc) is 3.26. The molecule has 1 atom stereocenters. The van der Waals surface area contributed by atoms with Gasteiger partial charge in [0.1, 0.15) is 6.61 Å². The lowest BCUT2D eigenvalue weighted by Gasteiger charge is -2.28. The minimum Gasteiger partial charge on any atom is -0.463 e. The summed E-state index contributed by atoms with van der Waals surface area (Å²) in [6, 6.07) is 5.58. The SMILES string of the molecule is CCOC(=O)C1=C(COC(=O)c2ccc(C(F)(F)F)cc2)NC(=O)NC1c1cccs1. The van der Waals surface area contributed by atoms with Crippen molar-refractivity contribution < 1.29 is 37.0 Å². The van der Waals surface area contributed by atoms with Crippen LogP contribution < -0.4 is 10.6 Å². The number of halogens is 3. The third-order valence-electron chi connectivity index (χ3n) is 4.27. The Labute approximate surface area is 178 Å². The van der Waals surface area contributed by atoms with Crippen LogP contribution in [0, 0.1) is 0 Å². The molecule has 164 valence electrons. The van der Waals surface area contributed by atoms with Crippen molar-refractivity contribution in [3.05, 3.63) is 69.1 Å². The van der Waals surface area contributed by atoms with E-state index in [0.717, 1.165) is 24.3 Å². The lowest BCUT2D eigenvalue weighted by molar-refractivity contribution is -0.139. The van der Waals surface area contributed by atoms with E-state index in [4.69, 9.17) is 9.47 Å². The molecule has 0 aliphatic carbocycles. The number of hydrogen-bond acceptors (Lipinski definition) is 6. The molecule has 31 heavy (non-hydrogen) atoms. The van der Waals surface area contributed by atoms with Crippen LogP contribution in [0.4, 0.5) is 18.0 Å². The Balaban J connectivity index is 1.83. The van der Waals surface area contributed by atoms with Crippen LogP contribution in [0.2, 0.25) is 0 Å². The summed E-state index contributed by atoms with van der Waals surface area (Å²) in [6.07, 6.45) is -4.53. The standard InChI is InChI=1S/C20H17F3N2O5S/c1-2-29-18(27)15-13(24-19(28)25-16(15)14-4-3-9-31-14)10-30-17(26)11-5-7-12(8-6-11)20(21,22)23/h3-9,16H,2,10H2,1H3,(H2,24,25,28). The van der Waals surface area contributed by atoms with Crippen molar-refractivity contribution in [2.45, 2.75) is 19.1 Å². The Kier molecular flexibility index (Phi) is 6.64. The van der Waals surface area contributed by atoms with E-state index >= 15 is 0 Å². The first-order valence-electron chi connectivity index (χ1n) is 9.06. The number of urea groups is 1. The molecule has 0 bridgehead atoms. The van der Waals surface area contributed by atoms with E-state index in [1.165, 1.54) is 11.3 Å². The second-order valence-electron chi connectivity index (χ2n) is 6.31. The third kappa shape index (κ3) is 5.23. The lowest BCUT2D eigenvalue weighted by Crippen LogP contribution is -2.46. The number of rotatable bonds is 6. The highest BCUT2D eigenvalue weighted by Crippen LogP contribution is 2.31. The molecule has 0 radical (unpaired) electrons. The van der Waals surface area contributed by atoms with E-state index in [0.29, 0.717) is 4.88 Å². The second kappa shape index (κ2) is 9.21. The first-order valence-corrected chi connectivity index (χ1v) is 9.94. The van der Waals surface area contributed by atoms with Crippen molar-refractivity contribution in [1.82, 2.24) is 10.6 Å². The molecular formula is C20H17F3N2O5S. The largest absolute Gasteiger partial charge is 0.463 e. The number of nitrogens with one attached hydrogen (secondary N) is 2. The van der Waals surface area contributed by atoms with Gasteiger partial charge in [-0.3, -0.25) is 0 Å². The summed E-state index contributed by atoms with van der Waals surface area (Å²) >= 11 is 1.31. The van der Waals surface area contributed by atoms with Crippen LogP contribution in [0.5, 0.6) is 0 Å². The summed E-state index contributed by atoms with van der Waals surface area (Å²) in [4.78, 5) is 37.6. The second-order valence-corrected chi connectivity index (χ2v) is 7.29. The van der Waals surface area contributed by atoms with Gasteiger partial charge in [0.2, 0.25) is 0 Å². The number of hydrogen-bond donors (Lipinski definition) is 2. The first kappa shape index (κ1) is 22.3. The minimum absolute atomic E-state index is 0.0286. The molecule has 2 heterocycles. The summed E-state index contributed by atoms with van der Waals surface area (Å²) in [5.41, 5.74) is -0.910. The number of alkyl halides is 3. The molecule has 1 unspecified atom stereocenters. The number of benzene rings is 1. The van der Waals surface area contributed by atoms with Crippen LogP contribution in [-0.4, -0.2) is 31.2 Å². The summed E-state index contributed by atoms with van der Waals surface area (Å²) < 4.78 is 48.2. The van der Waals surface area contributed by atoms with Crippen LogP contribution >= 0.6 is 11.3 Å². The van der Waals surface area contributed by atoms with Crippen molar-refractivity contribution in [3.63, 3.8) is 0 Å². The van der Waals surface area contributed by atoms with Crippen LogP contribution in [0.25, 0.3) is 0 Å². The van der Waals surface area contributed by atoms with Crippen molar-refractivity contribution in [2.24, 2.45) is 0 Å². The van der Waals surface area contributed by atoms with Gasteiger partial charge in [-0.1, -0.05) is 6.07 Å². The fourth-order valence-corrected chi connectivity index (χ4v) is 3.65. The normalized spacial score (nSPS) is 16.4. The van der Waals surface area contributed by atoms with Gasteiger partial charge in [-0.25, -0.2) is 14.4 Å². The fraction of sp³-hybridized carbons (Fsp3) is 0.250. The molecule has 3 rings (SSSR count). The molecule has 1 aliphatic heterocycles. The van der Waals surface area contributed by atoms with Crippen LogP contribution in [-0.2, 0) is 20.4 Å². The van der Waals surface area contributed by atoms with E-state index in [-0.39, 0.29) is 23.4 Å². The van der Waals surface area contributed by atoms with Gasteiger partial charge in [-0.15, -0.1) is 11.3 Å². The molecule has 0 fully saturated rings. The molecule has 7 nitrogen and oxygen atoms in total. The van der Waals surface area contributed by atoms with Crippen molar-refractivity contribution in [3.8, 4) is 0 Å². The van der Waals surface area contributed by atoms with E-state index in [1.54, 1.807) is 24.4 Å². The van der Waals surface area contributed by atoms with Crippen LogP contribution in [0.15, 0.2) is 53.0 Å². The molecule has 11 heteroatoms. The molecule has 1 aromatic heterocycles. The third-order valence-corrected chi connectivity index (χ3v) is 5.21. The van der Waals surface area contributed by atoms with Crippen LogP contribution in [0.3, 0.4) is 0 Å². The highest BCUT2D eigenvalue weighted by molar-refractivity contribution is 7.10. The van der Waals surface area contributed by atoms with Gasteiger partial charge in [0.05, 0.1) is 35.0 Å². The predicted octanol–water partition coefficient (Wildman–Crippen LogP) is 3.80. The van der Waals surface area contributed by atoms with Gasteiger partial charge in [0.15, 0.2) is 0 Å². The van der Waals surface area contributed by atoms with Gasteiger partial charge in [0, 0.05) is 4.88 Å². The quantitative estimate of drug-likeness (QED) is 0.648. The van der Waals surface area contributed by atoms with Crippen LogP contribution in [0.1, 0.15) is 33.8 Å². The number of carbonyl (C=O) groups is 3. The summed E-state index contributed by atoms with van der Waals surface area (Å²) in [6.45, 7) is 1.23. The lowest BCUT2D eigenvalue weighted by atomic mass is 10.0.